The van der Waals surface area contributed by atoms with Crippen molar-refractivity contribution < 1.29 is 28.7 Å². The highest BCUT2D eigenvalue weighted by Crippen LogP contribution is 2.10. The maximum Gasteiger partial charge on any atom is 0.303 e. The predicted molar refractivity (Wildman–Crippen MR) is 85.7 cm³/mol. The molecule has 0 saturated carbocycles. The fourth-order valence-corrected chi connectivity index (χ4v) is 2.16. The van der Waals surface area contributed by atoms with Crippen LogP contribution in [0, 0.1) is 5.82 Å². The second-order valence-corrected chi connectivity index (χ2v) is 5.44. The minimum atomic E-state index is -1.21. The number of nitrogens with two attached hydrogens (primary N) is 1. The zero-order valence-corrected chi connectivity index (χ0v) is 13.6. The Morgan fingerprint density at radius 3 is 2.32 bits per heavy atom. The first-order valence-electron chi connectivity index (χ1n) is 7.52. The van der Waals surface area contributed by atoms with E-state index in [1.54, 1.807) is 6.07 Å². The van der Waals surface area contributed by atoms with E-state index in [4.69, 9.17) is 10.8 Å². The number of carbonyl (C=O) groups is 4. The summed E-state index contributed by atoms with van der Waals surface area (Å²) < 4.78 is 13.8. The van der Waals surface area contributed by atoms with E-state index in [1.807, 2.05) is 0 Å². The SMILES string of the molecule is CC(=O)N[C@H](Cc1ccccc1F)C(=O)N[C@@H](CCC(=O)O)C(N)=O. The van der Waals surface area contributed by atoms with Gasteiger partial charge in [0.05, 0.1) is 0 Å². The molecule has 2 atom stereocenters. The molecule has 9 heteroatoms. The van der Waals surface area contributed by atoms with Gasteiger partial charge >= 0.3 is 5.97 Å². The molecule has 0 unspecified atom stereocenters. The molecule has 1 rings (SSSR count). The van der Waals surface area contributed by atoms with E-state index in [0.29, 0.717) is 0 Å². The first-order chi connectivity index (χ1) is 11.7. The fraction of sp³-hybridized carbons (Fsp3) is 0.375. The third kappa shape index (κ3) is 6.98. The van der Waals surface area contributed by atoms with E-state index in [9.17, 15) is 23.6 Å². The van der Waals surface area contributed by atoms with Crippen molar-refractivity contribution in [3.05, 3.63) is 35.6 Å². The molecule has 136 valence electrons. The van der Waals surface area contributed by atoms with Crippen molar-refractivity contribution in [1.29, 1.82) is 0 Å². The molecular formula is C16H20FN3O5. The molecule has 5 N–H and O–H groups in total. The third-order valence-corrected chi connectivity index (χ3v) is 3.38. The Morgan fingerprint density at radius 2 is 1.80 bits per heavy atom. The van der Waals surface area contributed by atoms with Gasteiger partial charge in [-0.25, -0.2) is 4.39 Å². The summed E-state index contributed by atoms with van der Waals surface area (Å²) in [6.07, 6.45) is -0.697. The molecule has 1 aromatic rings. The highest BCUT2D eigenvalue weighted by atomic mass is 19.1. The van der Waals surface area contributed by atoms with Gasteiger partial charge in [-0.1, -0.05) is 18.2 Å². The number of benzene rings is 1. The molecule has 3 amide bonds. The van der Waals surface area contributed by atoms with Crippen molar-refractivity contribution in [2.45, 2.75) is 38.3 Å². The first kappa shape index (κ1) is 20.1. The molecule has 0 aliphatic carbocycles. The Kier molecular flexibility index (Phi) is 7.51. The van der Waals surface area contributed by atoms with E-state index < -0.39 is 41.6 Å². The van der Waals surface area contributed by atoms with Gasteiger partial charge in [-0.05, 0) is 18.1 Å². The van der Waals surface area contributed by atoms with Gasteiger partial charge in [-0.3, -0.25) is 19.2 Å². The predicted octanol–water partition coefficient (Wildman–Crippen LogP) is -0.292. The average molecular weight is 353 g/mol. The van der Waals surface area contributed by atoms with Gasteiger partial charge in [0.2, 0.25) is 17.7 Å². The van der Waals surface area contributed by atoms with Crippen LogP contribution >= 0.6 is 0 Å². The molecule has 0 aliphatic rings. The summed E-state index contributed by atoms with van der Waals surface area (Å²) in [5, 5.41) is 13.3. The molecule has 0 bridgehead atoms. The maximum atomic E-state index is 13.8. The van der Waals surface area contributed by atoms with Gasteiger partial charge in [-0.15, -0.1) is 0 Å². The summed E-state index contributed by atoms with van der Waals surface area (Å²) in [5.41, 5.74) is 5.36. The number of hydrogen-bond donors (Lipinski definition) is 4. The van der Waals surface area contributed by atoms with Crippen molar-refractivity contribution in [3.8, 4) is 0 Å². The van der Waals surface area contributed by atoms with Crippen LogP contribution in [0.25, 0.3) is 0 Å². The zero-order valence-electron chi connectivity index (χ0n) is 13.6. The van der Waals surface area contributed by atoms with Crippen LogP contribution in [0.3, 0.4) is 0 Å². The van der Waals surface area contributed by atoms with Crippen LogP contribution in [0.4, 0.5) is 4.39 Å². The molecular weight excluding hydrogens is 333 g/mol. The van der Waals surface area contributed by atoms with Crippen molar-refractivity contribution in [3.63, 3.8) is 0 Å². The monoisotopic (exact) mass is 353 g/mol. The van der Waals surface area contributed by atoms with Gasteiger partial charge < -0.3 is 21.5 Å². The van der Waals surface area contributed by atoms with Crippen LogP contribution in [-0.4, -0.2) is 40.9 Å². The third-order valence-electron chi connectivity index (χ3n) is 3.38. The van der Waals surface area contributed by atoms with Gasteiger partial charge in [-0.2, -0.15) is 0 Å². The molecule has 0 saturated heterocycles. The number of primary amides is 1. The van der Waals surface area contributed by atoms with Crippen LogP contribution in [0.15, 0.2) is 24.3 Å². The number of aliphatic carboxylic acids is 1. The van der Waals surface area contributed by atoms with Gasteiger partial charge in [0, 0.05) is 19.8 Å². The lowest BCUT2D eigenvalue weighted by Gasteiger charge is -2.21. The molecule has 8 nitrogen and oxygen atoms in total. The molecule has 0 radical (unpaired) electrons. The second-order valence-electron chi connectivity index (χ2n) is 5.44. The van der Waals surface area contributed by atoms with Crippen LogP contribution in [0.2, 0.25) is 0 Å². The number of carbonyl (C=O) groups excluding carboxylic acids is 3. The summed E-state index contributed by atoms with van der Waals surface area (Å²) in [4.78, 5) is 45.6. The lowest BCUT2D eigenvalue weighted by atomic mass is 10.0. The van der Waals surface area contributed by atoms with Crippen molar-refractivity contribution in [2.24, 2.45) is 5.73 Å². The van der Waals surface area contributed by atoms with Crippen LogP contribution in [0.1, 0.15) is 25.3 Å². The van der Waals surface area contributed by atoms with E-state index in [2.05, 4.69) is 10.6 Å². The van der Waals surface area contributed by atoms with Gasteiger partial charge in [0.1, 0.15) is 17.9 Å². The second kappa shape index (κ2) is 9.36. The van der Waals surface area contributed by atoms with Crippen LogP contribution in [0.5, 0.6) is 0 Å². The Morgan fingerprint density at radius 1 is 1.16 bits per heavy atom. The highest BCUT2D eigenvalue weighted by molar-refractivity contribution is 5.91. The highest BCUT2D eigenvalue weighted by Gasteiger charge is 2.26. The minimum absolute atomic E-state index is 0.136. The standard InChI is InChI=1S/C16H20FN3O5/c1-9(21)19-13(8-10-4-2-3-5-11(10)17)16(25)20-12(15(18)24)6-7-14(22)23/h2-5,12-13H,6-8H2,1H3,(H2,18,24)(H,19,21)(H,20,25)(H,22,23)/t12-,13+/m0/s1. The molecule has 1 aromatic carbocycles. The van der Waals surface area contributed by atoms with Crippen molar-refractivity contribution in [1.82, 2.24) is 10.6 Å². The number of hydrogen-bond acceptors (Lipinski definition) is 4. The molecule has 0 aromatic heterocycles. The summed E-state index contributed by atoms with van der Waals surface area (Å²) in [6.45, 7) is 1.19. The van der Waals surface area contributed by atoms with Gasteiger partial charge in [0.25, 0.3) is 0 Å². The largest absolute Gasteiger partial charge is 0.481 e. The molecule has 0 spiro atoms. The Hall–Kier alpha value is -2.97. The first-order valence-corrected chi connectivity index (χ1v) is 7.52. The average Bonchev–Trinajstić information content (AvgIpc) is 2.51. The quantitative estimate of drug-likeness (QED) is 0.483. The number of amides is 3. The number of carboxylic acid groups (broad SMARTS) is 1. The minimum Gasteiger partial charge on any atom is -0.481 e. The van der Waals surface area contributed by atoms with E-state index in [0.717, 1.165) is 0 Å². The van der Waals surface area contributed by atoms with Crippen LogP contribution in [-0.2, 0) is 25.6 Å². The summed E-state index contributed by atoms with van der Waals surface area (Å²) in [6, 6.07) is 3.41. The fourth-order valence-electron chi connectivity index (χ4n) is 2.16. The molecule has 0 heterocycles. The van der Waals surface area contributed by atoms with E-state index >= 15 is 0 Å². The lowest BCUT2D eigenvalue weighted by Crippen LogP contribution is -2.53. The van der Waals surface area contributed by atoms with Gasteiger partial charge in [0.15, 0.2) is 0 Å². The van der Waals surface area contributed by atoms with Crippen molar-refractivity contribution in [2.75, 3.05) is 0 Å². The molecule has 25 heavy (non-hydrogen) atoms. The smallest absolute Gasteiger partial charge is 0.303 e. The molecule has 0 aliphatic heterocycles. The number of nitrogens with one attached hydrogen (secondary N) is 2. The lowest BCUT2D eigenvalue weighted by molar-refractivity contribution is -0.137. The van der Waals surface area contributed by atoms with E-state index in [-0.39, 0.29) is 24.8 Å². The van der Waals surface area contributed by atoms with E-state index in [1.165, 1.54) is 25.1 Å². The number of halogens is 1. The zero-order chi connectivity index (χ0) is 19.0. The summed E-state index contributed by atoms with van der Waals surface area (Å²) in [5.74, 6) is -3.86. The van der Waals surface area contributed by atoms with Crippen molar-refractivity contribution >= 4 is 23.7 Å². The number of carboxylic acids is 1. The molecule has 0 fully saturated rings. The topological polar surface area (TPSA) is 139 Å². The number of rotatable bonds is 9. The Bertz CT molecular complexity index is 665. The Balaban J connectivity index is 2.87. The summed E-state index contributed by atoms with van der Waals surface area (Å²) >= 11 is 0. The maximum absolute atomic E-state index is 13.8. The normalized spacial score (nSPS) is 12.7. The Labute approximate surface area is 143 Å². The summed E-state index contributed by atoms with van der Waals surface area (Å²) in [7, 11) is 0. The van der Waals surface area contributed by atoms with Crippen LogP contribution < -0.4 is 16.4 Å².